The van der Waals surface area contributed by atoms with Crippen molar-refractivity contribution in [3.8, 4) is 0 Å². The summed E-state index contributed by atoms with van der Waals surface area (Å²) in [7, 11) is -3.29. The van der Waals surface area contributed by atoms with Gasteiger partial charge < -0.3 is 4.57 Å². The number of anilines is 1. The van der Waals surface area contributed by atoms with Crippen LogP contribution in [0.4, 0.5) is 5.13 Å². The van der Waals surface area contributed by atoms with Gasteiger partial charge in [0.1, 0.15) is 23.1 Å². The molecule has 0 saturated carbocycles. The molecule has 0 aliphatic rings. The highest BCUT2D eigenvalue weighted by atomic mass is 32.2. The highest BCUT2D eigenvalue weighted by Gasteiger charge is 2.19. The fraction of sp³-hybridized carbons (Fsp3) is 0.444. The number of nitrogens with one attached hydrogen (secondary N) is 1. The normalized spacial score (nSPS) is 12.0. The van der Waals surface area contributed by atoms with E-state index in [9.17, 15) is 13.2 Å². The summed E-state index contributed by atoms with van der Waals surface area (Å²) < 4.78 is 25.2. The van der Waals surface area contributed by atoms with Crippen LogP contribution < -0.4 is 5.32 Å². The Kier molecular flexibility index (Phi) is 6.09. The SMILES string of the molecule is CCC(CC)c1nnc(NC(=O)Cn2c(CS(C)(=O)=O)nc3ccccc32)s1. The van der Waals surface area contributed by atoms with E-state index < -0.39 is 9.84 Å². The minimum absolute atomic E-state index is 0.0503. The molecule has 3 rings (SSSR count). The number of rotatable bonds is 8. The quantitative estimate of drug-likeness (QED) is 0.599. The molecule has 28 heavy (non-hydrogen) atoms. The van der Waals surface area contributed by atoms with Crippen LogP contribution in [-0.4, -0.2) is 40.3 Å². The van der Waals surface area contributed by atoms with Gasteiger partial charge in [0, 0.05) is 12.2 Å². The lowest BCUT2D eigenvalue weighted by Crippen LogP contribution is -2.21. The molecule has 0 bridgehead atoms. The zero-order valence-electron chi connectivity index (χ0n) is 16.0. The van der Waals surface area contributed by atoms with Gasteiger partial charge in [-0.1, -0.05) is 37.3 Å². The molecule has 1 amide bonds. The summed E-state index contributed by atoms with van der Waals surface area (Å²) in [6.45, 7) is 4.15. The van der Waals surface area contributed by atoms with Gasteiger partial charge >= 0.3 is 0 Å². The highest BCUT2D eigenvalue weighted by molar-refractivity contribution is 7.89. The maximum Gasteiger partial charge on any atom is 0.246 e. The number of imidazole rings is 1. The van der Waals surface area contributed by atoms with Crippen LogP contribution in [0.1, 0.15) is 43.4 Å². The fourth-order valence-electron chi connectivity index (χ4n) is 3.04. The van der Waals surface area contributed by atoms with E-state index in [1.165, 1.54) is 11.3 Å². The van der Waals surface area contributed by atoms with Crippen LogP contribution in [0.5, 0.6) is 0 Å². The number of nitrogens with zero attached hydrogens (tertiary/aromatic N) is 4. The summed E-state index contributed by atoms with van der Waals surface area (Å²) in [5.41, 5.74) is 1.37. The van der Waals surface area contributed by atoms with Crippen molar-refractivity contribution in [3.05, 3.63) is 35.1 Å². The molecule has 0 fully saturated rings. The van der Waals surface area contributed by atoms with E-state index in [-0.39, 0.29) is 18.2 Å². The monoisotopic (exact) mass is 421 g/mol. The predicted molar refractivity (Wildman–Crippen MR) is 110 cm³/mol. The number of carbonyl (C=O) groups excluding carboxylic acids is 1. The van der Waals surface area contributed by atoms with Gasteiger partial charge in [-0.25, -0.2) is 13.4 Å². The third-order valence-electron chi connectivity index (χ3n) is 4.45. The van der Waals surface area contributed by atoms with Crippen molar-refractivity contribution in [3.63, 3.8) is 0 Å². The maximum absolute atomic E-state index is 12.6. The standard InChI is InChI=1S/C18H23N5O3S2/c1-4-12(5-2)17-21-22-18(27-17)20-16(24)10-23-14-9-7-6-8-13(14)19-15(23)11-28(3,25)26/h6-9,12H,4-5,10-11H2,1-3H3,(H,20,22,24). The summed E-state index contributed by atoms with van der Waals surface area (Å²) in [4.78, 5) is 17.0. The molecule has 0 radical (unpaired) electrons. The molecule has 0 unspecified atom stereocenters. The van der Waals surface area contributed by atoms with Crippen molar-refractivity contribution in [1.29, 1.82) is 0 Å². The van der Waals surface area contributed by atoms with Gasteiger partial charge in [-0.05, 0) is 25.0 Å². The first-order valence-electron chi connectivity index (χ1n) is 9.05. The first kappa shape index (κ1) is 20.4. The molecule has 2 heterocycles. The average molecular weight is 422 g/mol. The van der Waals surface area contributed by atoms with Crippen LogP contribution in [-0.2, 0) is 26.9 Å². The minimum Gasteiger partial charge on any atom is -0.318 e. The topological polar surface area (TPSA) is 107 Å². The Morgan fingerprint density at radius 1 is 1.21 bits per heavy atom. The van der Waals surface area contributed by atoms with E-state index in [2.05, 4.69) is 34.3 Å². The van der Waals surface area contributed by atoms with Crippen LogP contribution in [0.2, 0.25) is 0 Å². The molecule has 3 aromatic rings. The van der Waals surface area contributed by atoms with E-state index in [4.69, 9.17) is 0 Å². The lowest BCUT2D eigenvalue weighted by atomic mass is 10.1. The van der Waals surface area contributed by atoms with Gasteiger partial charge in [0.15, 0.2) is 9.84 Å². The van der Waals surface area contributed by atoms with E-state index in [1.807, 2.05) is 18.2 Å². The van der Waals surface area contributed by atoms with Crippen LogP contribution in [0.25, 0.3) is 11.0 Å². The van der Waals surface area contributed by atoms with E-state index in [0.29, 0.717) is 27.9 Å². The third kappa shape index (κ3) is 4.74. The summed E-state index contributed by atoms with van der Waals surface area (Å²) >= 11 is 1.37. The highest BCUT2D eigenvalue weighted by Crippen LogP contribution is 2.28. The predicted octanol–water partition coefficient (Wildman–Crippen LogP) is 2.97. The van der Waals surface area contributed by atoms with Crippen LogP contribution in [0.15, 0.2) is 24.3 Å². The summed E-state index contributed by atoms with van der Waals surface area (Å²) in [5, 5.41) is 12.4. The van der Waals surface area contributed by atoms with Gasteiger partial charge in [-0.2, -0.15) is 0 Å². The first-order chi connectivity index (χ1) is 13.3. The number of fused-ring (bicyclic) bond motifs is 1. The number of amides is 1. The molecule has 1 aromatic carbocycles. The number of hydrogen-bond donors (Lipinski definition) is 1. The van der Waals surface area contributed by atoms with E-state index in [1.54, 1.807) is 10.6 Å². The second kappa shape index (κ2) is 8.36. The summed E-state index contributed by atoms with van der Waals surface area (Å²) in [5.74, 6) is 0.146. The third-order valence-corrected chi connectivity index (χ3v) is 6.23. The van der Waals surface area contributed by atoms with Crippen molar-refractivity contribution in [2.24, 2.45) is 0 Å². The van der Waals surface area contributed by atoms with Crippen LogP contribution in [0.3, 0.4) is 0 Å². The van der Waals surface area contributed by atoms with E-state index in [0.717, 1.165) is 24.1 Å². The summed E-state index contributed by atoms with van der Waals surface area (Å²) in [6.07, 6.45) is 3.08. The van der Waals surface area contributed by atoms with Gasteiger partial charge in [-0.3, -0.25) is 10.1 Å². The zero-order valence-corrected chi connectivity index (χ0v) is 17.7. The Balaban J connectivity index is 1.82. The van der Waals surface area contributed by atoms with Crippen molar-refractivity contribution in [2.45, 2.75) is 44.9 Å². The molecule has 0 spiro atoms. The Morgan fingerprint density at radius 2 is 1.93 bits per heavy atom. The largest absolute Gasteiger partial charge is 0.318 e. The zero-order chi connectivity index (χ0) is 20.3. The Morgan fingerprint density at radius 3 is 2.61 bits per heavy atom. The first-order valence-corrected chi connectivity index (χ1v) is 11.9. The van der Waals surface area contributed by atoms with Crippen molar-refractivity contribution in [2.75, 3.05) is 11.6 Å². The Labute approximate surface area is 167 Å². The number of aromatic nitrogens is 4. The Bertz CT molecular complexity index is 1080. The lowest BCUT2D eigenvalue weighted by Gasteiger charge is -2.08. The number of hydrogen-bond acceptors (Lipinski definition) is 7. The molecular formula is C18H23N5O3S2. The maximum atomic E-state index is 12.6. The Hall–Kier alpha value is -2.33. The van der Waals surface area contributed by atoms with Gasteiger partial charge in [0.2, 0.25) is 11.0 Å². The van der Waals surface area contributed by atoms with Gasteiger partial charge in [0.05, 0.1) is 11.0 Å². The number of benzene rings is 1. The van der Waals surface area contributed by atoms with Gasteiger partial charge in [-0.15, -0.1) is 10.2 Å². The molecule has 0 aliphatic carbocycles. The average Bonchev–Trinajstić information content (AvgIpc) is 3.20. The molecule has 0 saturated heterocycles. The second-order valence-corrected chi connectivity index (χ2v) is 9.83. The summed E-state index contributed by atoms with van der Waals surface area (Å²) in [6, 6.07) is 7.26. The van der Waals surface area contributed by atoms with Crippen molar-refractivity contribution < 1.29 is 13.2 Å². The van der Waals surface area contributed by atoms with Gasteiger partial charge in [0.25, 0.3) is 0 Å². The molecule has 0 aliphatic heterocycles. The van der Waals surface area contributed by atoms with Crippen molar-refractivity contribution >= 4 is 43.2 Å². The smallest absolute Gasteiger partial charge is 0.246 e. The lowest BCUT2D eigenvalue weighted by molar-refractivity contribution is -0.116. The second-order valence-electron chi connectivity index (χ2n) is 6.68. The molecule has 2 aromatic heterocycles. The van der Waals surface area contributed by atoms with E-state index >= 15 is 0 Å². The molecule has 10 heteroatoms. The molecule has 0 atom stereocenters. The van der Waals surface area contributed by atoms with Crippen molar-refractivity contribution in [1.82, 2.24) is 19.7 Å². The van der Waals surface area contributed by atoms with Crippen LogP contribution >= 0.6 is 11.3 Å². The number of sulfone groups is 1. The fourth-order valence-corrected chi connectivity index (χ4v) is 4.75. The molecule has 8 nitrogen and oxygen atoms in total. The molecule has 1 N–H and O–H groups in total. The number of carbonyl (C=O) groups is 1. The number of para-hydroxylation sites is 2. The van der Waals surface area contributed by atoms with Crippen LogP contribution in [0, 0.1) is 0 Å². The molecular weight excluding hydrogens is 398 g/mol. The molecule has 150 valence electrons. The minimum atomic E-state index is -3.29.